The highest BCUT2D eigenvalue weighted by Crippen LogP contribution is 2.05. The van der Waals surface area contributed by atoms with Crippen LogP contribution in [0.1, 0.15) is 40.5 Å². The Morgan fingerprint density at radius 1 is 1.00 bits per heavy atom. The first-order chi connectivity index (χ1) is 5.93. The van der Waals surface area contributed by atoms with Gasteiger partial charge in [-0.3, -0.25) is 0 Å². The van der Waals surface area contributed by atoms with Gasteiger partial charge >= 0.3 is 0 Å². The SMILES string of the molecule is CC.CC.FCCN1CCCC1. The summed E-state index contributed by atoms with van der Waals surface area (Å²) in [7, 11) is 0. The van der Waals surface area contributed by atoms with Crippen molar-refractivity contribution in [2.24, 2.45) is 0 Å². The Morgan fingerprint density at radius 2 is 1.42 bits per heavy atom. The van der Waals surface area contributed by atoms with Crippen molar-refractivity contribution in [2.75, 3.05) is 26.3 Å². The summed E-state index contributed by atoms with van der Waals surface area (Å²) in [6, 6.07) is 0. The van der Waals surface area contributed by atoms with Crippen LogP contribution in [-0.4, -0.2) is 31.2 Å². The second-order valence-corrected chi connectivity index (χ2v) is 2.24. The van der Waals surface area contributed by atoms with Gasteiger partial charge in [0.2, 0.25) is 0 Å². The van der Waals surface area contributed by atoms with Crippen molar-refractivity contribution in [2.45, 2.75) is 40.5 Å². The highest BCUT2D eigenvalue weighted by atomic mass is 19.1. The molecule has 2 heteroatoms. The lowest BCUT2D eigenvalue weighted by molar-refractivity contribution is 0.297. The summed E-state index contributed by atoms with van der Waals surface area (Å²) < 4.78 is 11.6. The van der Waals surface area contributed by atoms with Crippen molar-refractivity contribution in [1.82, 2.24) is 4.90 Å². The first-order valence-corrected chi connectivity index (χ1v) is 5.22. The molecule has 76 valence electrons. The molecule has 1 fully saturated rings. The van der Waals surface area contributed by atoms with Gasteiger partial charge in [0.05, 0.1) is 0 Å². The topological polar surface area (TPSA) is 3.24 Å². The van der Waals surface area contributed by atoms with Gasteiger partial charge in [-0.25, -0.2) is 4.39 Å². The Morgan fingerprint density at radius 3 is 1.75 bits per heavy atom. The Labute approximate surface area is 77.0 Å². The van der Waals surface area contributed by atoms with Gasteiger partial charge in [-0.1, -0.05) is 27.7 Å². The lowest BCUT2D eigenvalue weighted by Gasteiger charge is -2.09. The predicted molar refractivity (Wildman–Crippen MR) is 54.3 cm³/mol. The van der Waals surface area contributed by atoms with Crippen LogP contribution in [0, 0.1) is 0 Å². The van der Waals surface area contributed by atoms with E-state index in [4.69, 9.17) is 0 Å². The molecule has 1 aliphatic rings. The summed E-state index contributed by atoms with van der Waals surface area (Å²) in [5, 5.41) is 0. The highest BCUT2D eigenvalue weighted by molar-refractivity contribution is 4.64. The number of hydrogen-bond acceptors (Lipinski definition) is 1. The fraction of sp³-hybridized carbons (Fsp3) is 1.00. The van der Waals surface area contributed by atoms with Crippen molar-refractivity contribution < 1.29 is 4.39 Å². The number of rotatable bonds is 2. The van der Waals surface area contributed by atoms with Crippen LogP contribution in [0.2, 0.25) is 0 Å². The molecule has 12 heavy (non-hydrogen) atoms. The molecular weight excluding hydrogens is 153 g/mol. The summed E-state index contributed by atoms with van der Waals surface area (Å²) in [5.74, 6) is 0. The van der Waals surface area contributed by atoms with E-state index in [0.29, 0.717) is 6.54 Å². The van der Waals surface area contributed by atoms with E-state index in [-0.39, 0.29) is 6.67 Å². The summed E-state index contributed by atoms with van der Waals surface area (Å²) in [5.41, 5.74) is 0. The van der Waals surface area contributed by atoms with Gasteiger partial charge < -0.3 is 4.90 Å². The van der Waals surface area contributed by atoms with Crippen LogP contribution in [0.15, 0.2) is 0 Å². The zero-order valence-corrected chi connectivity index (χ0v) is 9.07. The molecule has 1 heterocycles. The van der Waals surface area contributed by atoms with E-state index < -0.39 is 0 Å². The molecule has 0 spiro atoms. The zero-order chi connectivity index (χ0) is 9.82. The van der Waals surface area contributed by atoms with Crippen molar-refractivity contribution in [3.8, 4) is 0 Å². The van der Waals surface area contributed by atoms with Crippen LogP contribution in [0.5, 0.6) is 0 Å². The molecule has 0 aromatic carbocycles. The summed E-state index contributed by atoms with van der Waals surface area (Å²) in [6.07, 6.45) is 2.53. The molecule has 1 nitrogen and oxygen atoms in total. The fourth-order valence-corrected chi connectivity index (χ4v) is 1.13. The molecule has 0 bridgehead atoms. The minimum atomic E-state index is -0.181. The van der Waals surface area contributed by atoms with Crippen molar-refractivity contribution in [3.63, 3.8) is 0 Å². The molecule has 0 saturated carbocycles. The second-order valence-electron chi connectivity index (χ2n) is 2.24. The standard InChI is InChI=1S/C6H12FN.2C2H6/c7-3-6-8-4-1-2-5-8;2*1-2/h1-6H2;2*1-2H3. The Kier molecular flexibility index (Phi) is 16.2. The predicted octanol–water partition coefficient (Wildman–Crippen LogP) is 3.10. The highest BCUT2D eigenvalue weighted by Gasteiger charge is 2.09. The van der Waals surface area contributed by atoms with Gasteiger partial charge in [0.1, 0.15) is 6.67 Å². The summed E-state index contributed by atoms with van der Waals surface area (Å²) in [6.45, 7) is 10.7. The quantitative estimate of drug-likeness (QED) is 0.626. The lowest BCUT2D eigenvalue weighted by Crippen LogP contribution is -2.21. The zero-order valence-electron chi connectivity index (χ0n) is 9.07. The van der Waals surface area contributed by atoms with Crippen molar-refractivity contribution in [3.05, 3.63) is 0 Å². The second kappa shape index (κ2) is 13.5. The van der Waals surface area contributed by atoms with Crippen LogP contribution in [0.4, 0.5) is 4.39 Å². The smallest absolute Gasteiger partial charge is 0.102 e. The Balaban J connectivity index is 0. The van der Waals surface area contributed by atoms with Crippen LogP contribution in [-0.2, 0) is 0 Å². The molecule has 0 aliphatic carbocycles. The molecule has 0 aromatic rings. The monoisotopic (exact) mass is 177 g/mol. The first kappa shape index (κ1) is 14.4. The van der Waals surface area contributed by atoms with Crippen LogP contribution in [0.25, 0.3) is 0 Å². The fourth-order valence-electron chi connectivity index (χ4n) is 1.13. The number of nitrogens with zero attached hydrogens (tertiary/aromatic N) is 1. The van der Waals surface area contributed by atoms with Crippen LogP contribution < -0.4 is 0 Å². The number of likely N-dealkylation sites (tertiary alicyclic amines) is 1. The van der Waals surface area contributed by atoms with Crippen molar-refractivity contribution >= 4 is 0 Å². The van der Waals surface area contributed by atoms with Gasteiger partial charge in [0.25, 0.3) is 0 Å². The van der Waals surface area contributed by atoms with E-state index in [1.165, 1.54) is 12.8 Å². The maximum atomic E-state index is 11.6. The van der Waals surface area contributed by atoms with Gasteiger partial charge in [-0.05, 0) is 25.9 Å². The number of halogens is 1. The van der Waals surface area contributed by atoms with E-state index in [1.54, 1.807) is 0 Å². The average molecular weight is 177 g/mol. The maximum Gasteiger partial charge on any atom is 0.102 e. The Hall–Kier alpha value is -0.110. The van der Waals surface area contributed by atoms with Gasteiger partial charge in [0.15, 0.2) is 0 Å². The molecular formula is C10H24FN. The van der Waals surface area contributed by atoms with Gasteiger partial charge in [-0.15, -0.1) is 0 Å². The van der Waals surface area contributed by atoms with E-state index in [1.807, 2.05) is 27.7 Å². The first-order valence-electron chi connectivity index (χ1n) is 5.22. The third kappa shape index (κ3) is 7.99. The van der Waals surface area contributed by atoms with E-state index in [0.717, 1.165) is 13.1 Å². The third-order valence-electron chi connectivity index (χ3n) is 1.60. The molecule has 1 rings (SSSR count). The summed E-state index contributed by atoms with van der Waals surface area (Å²) >= 11 is 0. The molecule has 0 unspecified atom stereocenters. The minimum absolute atomic E-state index is 0.181. The normalized spacial score (nSPS) is 15.8. The van der Waals surface area contributed by atoms with E-state index >= 15 is 0 Å². The maximum absolute atomic E-state index is 11.6. The van der Waals surface area contributed by atoms with Gasteiger partial charge in [0, 0.05) is 6.54 Å². The number of alkyl halides is 1. The minimum Gasteiger partial charge on any atom is -0.301 e. The van der Waals surface area contributed by atoms with Crippen molar-refractivity contribution in [1.29, 1.82) is 0 Å². The number of hydrogen-bond donors (Lipinski definition) is 0. The largest absolute Gasteiger partial charge is 0.301 e. The summed E-state index contributed by atoms with van der Waals surface area (Å²) in [4.78, 5) is 2.17. The van der Waals surface area contributed by atoms with E-state index in [9.17, 15) is 4.39 Å². The van der Waals surface area contributed by atoms with E-state index in [2.05, 4.69) is 4.90 Å². The third-order valence-corrected chi connectivity index (χ3v) is 1.60. The average Bonchev–Trinajstić information content (AvgIpc) is 2.65. The molecule has 1 aliphatic heterocycles. The van der Waals surface area contributed by atoms with Crippen LogP contribution >= 0.6 is 0 Å². The Bertz CT molecular complexity index is 60.9. The molecule has 0 amide bonds. The van der Waals surface area contributed by atoms with Gasteiger partial charge in [-0.2, -0.15) is 0 Å². The molecule has 0 atom stereocenters. The molecule has 0 N–H and O–H groups in total. The molecule has 1 saturated heterocycles. The lowest BCUT2D eigenvalue weighted by atomic mass is 10.4. The van der Waals surface area contributed by atoms with Crippen LogP contribution in [0.3, 0.4) is 0 Å². The molecule has 0 radical (unpaired) electrons. The molecule has 0 aromatic heterocycles.